The van der Waals surface area contributed by atoms with Gasteiger partial charge < -0.3 is 14.6 Å². The van der Waals surface area contributed by atoms with E-state index in [1.807, 2.05) is 6.92 Å². The molecule has 9 heteroatoms. The Morgan fingerprint density at radius 3 is 2.47 bits per heavy atom. The summed E-state index contributed by atoms with van der Waals surface area (Å²) in [6.45, 7) is 4.07. The van der Waals surface area contributed by atoms with E-state index in [0.29, 0.717) is 49.6 Å². The second-order valence-corrected chi connectivity index (χ2v) is 7.86. The highest BCUT2D eigenvalue weighted by Gasteiger charge is 2.29. The molecular formula is C21H18Br2N2O5. The molecule has 0 aromatic heterocycles. The molecule has 1 aliphatic rings. The van der Waals surface area contributed by atoms with Crippen LogP contribution in [0.2, 0.25) is 0 Å². The zero-order valence-corrected chi connectivity index (χ0v) is 19.6. The average Bonchev–Trinajstić information content (AvgIpc) is 3.00. The van der Waals surface area contributed by atoms with E-state index in [1.165, 1.54) is 17.1 Å². The highest BCUT2D eigenvalue weighted by molar-refractivity contribution is 9.13. The normalized spacial score (nSPS) is 14.8. The van der Waals surface area contributed by atoms with E-state index >= 15 is 0 Å². The van der Waals surface area contributed by atoms with Crippen molar-refractivity contribution in [1.29, 1.82) is 0 Å². The number of hydrogen-bond donors (Lipinski definition) is 1. The number of amides is 1. The zero-order valence-electron chi connectivity index (χ0n) is 16.4. The first-order valence-electron chi connectivity index (χ1n) is 8.92. The molecule has 0 atom stereocenters. The summed E-state index contributed by atoms with van der Waals surface area (Å²) in [4.78, 5) is 24.1. The third-order valence-electron chi connectivity index (χ3n) is 4.38. The third kappa shape index (κ3) is 4.13. The number of carboxylic acid groups (broad SMARTS) is 1. The molecule has 0 bridgehead atoms. The van der Waals surface area contributed by atoms with Gasteiger partial charge in [0.25, 0.3) is 5.91 Å². The van der Waals surface area contributed by atoms with Gasteiger partial charge in [0.1, 0.15) is 0 Å². The number of rotatable bonds is 6. The molecule has 0 aliphatic carbocycles. The summed E-state index contributed by atoms with van der Waals surface area (Å²) in [7, 11) is 1.55. The van der Waals surface area contributed by atoms with Crippen molar-refractivity contribution in [3.63, 3.8) is 0 Å². The molecule has 30 heavy (non-hydrogen) atoms. The van der Waals surface area contributed by atoms with Gasteiger partial charge in [-0.3, -0.25) is 4.79 Å². The first-order valence-corrected chi connectivity index (χ1v) is 10.5. The predicted molar refractivity (Wildman–Crippen MR) is 122 cm³/mol. The Morgan fingerprint density at radius 1 is 1.23 bits per heavy atom. The summed E-state index contributed by atoms with van der Waals surface area (Å²) in [5.74, 6) is -0.251. The maximum Gasteiger partial charge on any atom is 0.335 e. The molecule has 1 aliphatic heterocycles. The van der Waals surface area contributed by atoms with Crippen LogP contribution >= 0.6 is 31.9 Å². The Labute approximate surface area is 190 Å². The molecule has 3 rings (SSSR count). The number of hydrogen-bond acceptors (Lipinski definition) is 5. The molecule has 0 saturated carbocycles. The van der Waals surface area contributed by atoms with Gasteiger partial charge in [0.2, 0.25) is 0 Å². The number of carboxylic acids is 1. The summed E-state index contributed by atoms with van der Waals surface area (Å²) in [6, 6.07) is 7.75. The van der Waals surface area contributed by atoms with Crippen LogP contribution in [0, 0.1) is 0 Å². The van der Waals surface area contributed by atoms with Gasteiger partial charge >= 0.3 is 5.97 Å². The monoisotopic (exact) mass is 536 g/mol. The fourth-order valence-electron chi connectivity index (χ4n) is 2.92. The van der Waals surface area contributed by atoms with Crippen molar-refractivity contribution >= 4 is 61.2 Å². The molecule has 1 N–H and O–H groups in total. The number of methoxy groups -OCH3 is 1. The molecule has 0 fully saturated rings. The topological polar surface area (TPSA) is 88.4 Å². The van der Waals surface area contributed by atoms with Crippen molar-refractivity contribution in [2.24, 2.45) is 5.10 Å². The number of aromatic carboxylic acids is 1. The van der Waals surface area contributed by atoms with Crippen molar-refractivity contribution in [3.8, 4) is 11.5 Å². The Bertz CT molecular complexity index is 1080. The number of ether oxygens (including phenoxy) is 2. The number of benzene rings is 2. The van der Waals surface area contributed by atoms with Gasteiger partial charge in [0, 0.05) is 4.47 Å². The van der Waals surface area contributed by atoms with Gasteiger partial charge in [-0.05, 0) is 87.7 Å². The standard InChI is InChI=1S/C21H18Br2N2O5/c1-4-30-16-10-13(17(22)18(23)19(16)29-3)9-15-11(2)24-25(20(15)26)14-7-5-12(6-8-14)21(27)28/h5-10H,4H2,1-3H3,(H,27,28). The van der Waals surface area contributed by atoms with Crippen LogP contribution in [-0.4, -0.2) is 36.4 Å². The van der Waals surface area contributed by atoms with Gasteiger partial charge in [-0.15, -0.1) is 0 Å². The second kappa shape index (κ2) is 9.01. The molecule has 2 aromatic rings. The molecule has 2 aromatic carbocycles. The van der Waals surface area contributed by atoms with Crippen molar-refractivity contribution in [3.05, 3.63) is 56.0 Å². The summed E-state index contributed by atoms with van der Waals surface area (Å²) in [6.07, 6.45) is 1.73. The van der Waals surface area contributed by atoms with Crippen LogP contribution < -0.4 is 14.5 Å². The number of carbonyl (C=O) groups excluding carboxylic acids is 1. The Hall–Kier alpha value is -2.65. The van der Waals surface area contributed by atoms with Crippen LogP contribution in [0.15, 0.2) is 50.0 Å². The van der Waals surface area contributed by atoms with Crippen LogP contribution in [0.1, 0.15) is 29.8 Å². The lowest BCUT2D eigenvalue weighted by atomic mass is 10.1. The Kier molecular flexibility index (Phi) is 6.62. The smallest absolute Gasteiger partial charge is 0.335 e. The number of halogens is 2. The maximum absolute atomic E-state index is 13.0. The van der Waals surface area contributed by atoms with Crippen LogP contribution in [0.5, 0.6) is 11.5 Å². The molecule has 0 spiro atoms. The predicted octanol–water partition coefficient (Wildman–Crippen LogP) is 5.12. The van der Waals surface area contributed by atoms with Crippen molar-refractivity contribution < 1.29 is 24.2 Å². The molecule has 156 valence electrons. The van der Waals surface area contributed by atoms with Crippen LogP contribution in [0.4, 0.5) is 5.69 Å². The minimum Gasteiger partial charge on any atom is -0.492 e. The second-order valence-electron chi connectivity index (χ2n) is 6.27. The van der Waals surface area contributed by atoms with Gasteiger partial charge in [-0.1, -0.05) is 0 Å². The van der Waals surface area contributed by atoms with Crippen LogP contribution in [-0.2, 0) is 4.79 Å². The van der Waals surface area contributed by atoms with Crippen molar-refractivity contribution in [1.82, 2.24) is 0 Å². The van der Waals surface area contributed by atoms with E-state index in [-0.39, 0.29) is 11.5 Å². The summed E-state index contributed by atoms with van der Waals surface area (Å²) in [5.41, 5.74) is 2.29. The molecule has 7 nitrogen and oxygen atoms in total. The number of anilines is 1. The quantitative estimate of drug-likeness (QED) is 0.516. The van der Waals surface area contributed by atoms with Crippen molar-refractivity contribution in [2.75, 3.05) is 18.7 Å². The molecule has 0 saturated heterocycles. The van der Waals surface area contributed by atoms with Gasteiger partial charge in [-0.25, -0.2) is 4.79 Å². The summed E-state index contributed by atoms with van der Waals surface area (Å²) >= 11 is 7.04. The fraction of sp³-hybridized carbons (Fsp3) is 0.190. The van der Waals surface area contributed by atoms with Crippen LogP contribution in [0.3, 0.4) is 0 Å². The van der Waals surface area contributed by atoms with Gasteiger partial charge in [0.05, 0.1) is 40.7 Å². The zero-order chi connectivity index (χ0) is 22.0. The summed E-state index contributed by atoms with van der Waals surface area (Å²) < 4.78 is 12.5. The number of carbonyl (C=O) groups is 2. The van der Waals surface area contributed by atoms with E-state index in [0.717, 1.165) is 0 Å². The average molecular weight is 538 g/mol. The minimum absolute atomic E-state index is 0.136. The Morgan fingerprint density at radius 2 is 1.90 bits per heavy atom. The molecule has 0 unspecified atom stereocenters. The van der Waals surface area contributed by atoms with Crippen LogP contribution in [0.25, 0.3) is 6.08 Å². The highest BCUT2D eigenvalue weighted by atomic mass is 79.9. The first kappa shape index (κ1) is 22.0. The summed E-state index contributed by atoms with van der Waals surface area (Å²) in [5, 5.41) is 14.6. The third-order valence-corrected chi connectivity index (χ3v) is 6.52. The lowest BCUT2D eigenvalue weighted by Gasteiger charge is -2.15. The SMILES string of the molecule is CCOc1cc(C=C2C(=O)N(c3ccc(C(=O)O)cc3)N=C2C)c(Br)c(Br)c1OC. The molecular weight excluding hydrogens is 520 g/mol. The molecule has 1 heterocycles. The fourth-order valence-corrected chi connectivity index (χ4v) is 3.92. The van der Waals surface area contributed by atoms with E-state index in [2.05, 4.69) is 37.0 Å². The van der Waals surface area contributed by atoms with Crippen molar-refractivity contribution in [2.45, 2.75) is 13.8 Å². The number of nitrogens with zero attached hydrogens (tertiary/aromatic N) is 2. The molecule has 0 radical (unpaired) electrons. The molecule has 1 amide bonds. The lowest BCUT2D eigenvalue weighted by molar-refractivity contribution is -0.114. The maximum atomic E-state index is 13.0. The lowest BCUT2D eigenvalue weighted by Crippen LogP contribution is -2.21. The minimum atomic E-state index is -1.03. The Balaban J connectivity index is 2.00. The number of hydrazone groups is 1. The van der Waals surface area contributed by atoms with Gasteiger partial charge in [-0.2, -0.15) is 10.1 Å². The van der Waals surface area contributed by atoms with E-state index in [4.69, 9.17) is 14.6 Å². The first-order chi connectivity index (χ1) is 14.3. The van der Waals surface area contributed by atoms with E-state index in [1.54, 1.807) is 38.3 Å². The van der Waals surface area contributed by atoms with E-state index < -0.39 is 5.97 Å². The van der Waals surface area contributed by atoms with E-state index in [9.17, 15) is 9.59 Å². The van der Waals surface area contributed by atoms with Gasteiger partial charge in [0.15, 0.2) is 11.5 Å². The largest absolute Gasteiger partial charge is 0.492 e. The highest BCUT2D eigenvalue weighted by Crippen LogP contribution is 2.43.